The number of carbonyl (C=O) groups is 3. The molecule has 1 saturated heterocycles. The van der Waals surface area contributed by atoms with Gasteiger partial charge in [-0.05, 0) is 44.8 Å². The summed E-state index contributed by atoms with van der Waals surface area (Å²) in [7, 11) is 4.56. The van der Waals surface area contributed by atoms with Crippen LogP contribution >= 0.6 is 11.8 Å². The van der Waals surface area contributed by atoms with Gasteiger partial charge >= 0.3 is 5.97 Å². The Bertz CT molecular complexity index is 1740. The van der Waals surface area contributed by atoms with E-state index in [1.807, 2.05) is 60.7 Å². The molecule has 14 heteroatoms. The first-order chi connectivity index (χ1) is 22.8. The van der Waals surface area contributed by atoms with Crippen molar-refractivity contribution in [1.82, 2.24) is 30.4 Å². The van der Waals surface area contributed by atoms with E-state index in [2.05, 4.69) is 20.8 Å². The number of nitrogens with zero attached hydrogens (tertiary/aromatic N) is 5. The summed E-state index contributed by atoms with van der Waals surface area (Å²) in [5.74, 6) is -0.990. The zero-order valence-corrected chi connectivity index (χ0v) is 26.7. The molecule has 13 nitrogen and oxygen atoms in total. The summed E-state index contributed by atoms with van der Waals surface area (Å²) in [6, 6.07) is 25.7. The second kappa shape index (κ2) is 13.7. The number of amides is 2. The highest BCUT2D eigenvalue weighted by atomic mass is 32.2. The first-order valence-electron chi connectivity index (χ1n) is 14.7. The van der Waals surface area contributed by atoms with Crippen LogP contribution in [0.1, 0.15) is 22.8 Å². The number of rotatable bonds is 12. The van der Waals surface area contributed by atoms with E-state index in [-0.39, 0.29) is 24.5 Å². The SMILES string of the molecule is COc1ccc(CC(=O)N[C@]2(OC)C(=O)N3C(C(=O)OC(c4ccccc4)c4ccccc4)=C(CSc4nnnn4C)CO[C@@H]32)cc1. The van der Waals surface area contributed by atoms with Crippen molar-refractivity contribution in [3.05, 3.63) is 113 Å². The van der Waals surface area contributed by atoms with Crippen molar-refractivity contribution in [2.75, 3.05) is 26.6 Å². The van der Waals surface area contributed by atoms with E-state index in [0.29, 0.717) is 22.0 Å². The van der Waals surface area contributed by atoms with Gasteiger partial charge in [-0.3, -0.25) is 14.5 Å². The van der Waals surface area contributed by atoms with Gasteiger partial charge in [-0.1, -0.05) is 84.6 Å². The summed E-state index contributed by atoms with van der Waals surface area (Å²) in [6.07, 6.45) is -1.91. The van der Waals surface area contributed by atoms with Crippen molar-refractivity contribution < 1.29 is 33.3 Å². The van der Waals surface area contributed by atoms with E-state index in [1.54, 1.807) is 38.4 Å². The molecule has 3 aromatic carbocycles. The molecule has 1 N–H and O–H groups in total. The summed E-state index contributed by atoms with van der Waals surface area (Å²) in [6.45, 7) is -0.0437. The number of methoxy groups -OCH3 is 2. The topological polar surface area (TPSA) is 147 Å². The molecule has 1 fully saturated rings. The number of hydrogen-bond donors (Lipinski definition) is 1. The molecule has 0 saturated carbocycles. The van der Waals surface area contributed by atoms with E-state index >= 15 is 0 Å². The highest BCUT2D eigenvalue weighted by molar-refractivity contribution is 7.99. The molecule has 2 amide bonds. The van der Waals surface area contributed by atoms with E-state index in [1.165, 1.54) is 28.5 Å². The molecule has 0 aliphatic carbocycles. The summed E-state index contributed by atoms with van der Waals surface area (Å²) in [5.41, 5.74) is 0.870. The maximum absolute atomic E-state index is 14.2. The van der Waals surface area contributed by atoms with Crippen LogP contribution in [0.15, 0.2) is 101 Å². The molecule has 2 aliphatic rings. The molecule has 0 spiro atoms. The Morgan fingerprint density at radius 3 is 2.26 bits per heavy atom. The van der Waals surface area contributed by atoms with E-state index in [4.69, 9.17) is 18.9 Å². The molecular formula is C33H32N6O7S. The van der Waals surface area contributed by atoms with Crippen LogP contribution in [-0.4, -0.2) is 81.4 Å². The molecule has 3 heterocycles. The normalized spacial score (nSPS) is 18.9. The van der Waals surface area contributed by atoms with Gasteiger partial charge in [0.1, 0.15) is 11.4 Å². The number of hydrogen-bond acceptors (Lipinski definition) is 11. The predicted octanol–water partition coefficient (Wildman–Crippen LogP) is 2.80. The van der Waals surface area contributed by atoms with Crippen LogP contribution in [0.5, 0.6) is 5.75 Å². The second-order valence-electron chi connectivity index (χ2n) is 10.8. The number of carbonyl (C=O) groups excluding carboxylic acids is 3. The maximum atomic E-state index is 14.2. The molecule has 0 radical (unpaired) electrons. The van der Waals surface area contributed by atoms with E-state index < -0.39 is 35.8 Å². The standard InChI is InChI=1S/C33H32N6O7S/c1-38-32(35-36-37-38)47-20-24-19-45-31-33(44-3,34-26(40)18-21-14-16-25(43-2)17-15-21)30(42)39(31)27(24)29(41)46-28(22-10-6-4-7-11-22)23-12-8-5-9-13-23/h4-17,28,31H,18-20H2,1-3H3,(H,34,40)/t31-,33+/m1/s1. The number of nitrogens with one attached hydrogen (secondary N) is 1. The summed E-state index contributed by atoms with van der Waals surface area (Å²) < 4.78 is 24.6. The Hall–Kier alpha value is -5.05. The number of aryl methyl sites for hydroxylation is 1. The van der Waals surface area contributed by atoms with Gasteiger partial charge in [-0.25, -0.2) is 9.48 Å². The van der Waals surface area contributed by atoms with Crippen LogP contribution in [0, 0.1) is 0 Å². The Kier molecular flexibility index (Phi) is 9.33. The van der Waals surface area contributed by atoms with Crippen molar-refractivity contribution in [3.63, 3.8) is 0 Å². The molecule has 1 aromatic heterocycles. The number of ether oxygens (including phenoxy) is 4. The van der Waals surface area contributed by atoms with Gasteiger partial charge in [0.25, 0.3) is 11.6 Å². The third-order valence-corrected chi connectivity index (χ3v) is 8.96. The second-order valence-corrected chi connectivity index (χ2v) is 11.7. The fourth-order valence-corrected chi connectivity index (χ4v) is 6.31. The van der Waals surface area contributed by atoms with Gasteiger partial charge in [0.2, 0.25) is 11.1 Å². The lowest BCUT2D eigenvalue weighted by molar-refractivity contribution is -0.258. The highest BCUT2D eigenvalue weighted by Gasteiger charge is 2.67. The Balaban J connectivity index is 1.29. The number of benzene rings is 3. The van der Waals surface area contributed by atoms with Gasteiger partial charge in [0.05, 0.1) is 20.1 Å². The minimum atomic E-state index is -1.85. The van der Waals surface area contributed by atoms with Crippen LogP contribution in [0.25, 0.3) is 0 Å². The lowest BCUT2D eigenvalue weighted by atomic mass is 9.94. The molecule has 242 valence electrons. The summed E-state index contributed by atoms with van der Waals surface area (Å²) >= 11 is 1.28. The van der Waals surface area contributed by atoms with Crippen molar-refractivity contribution in [2.24, 2.45) is 7.05 Å². The first-order valence-corrected chi connectivity index (χ1v) is 15.7. The fraction of sp³-hybridized carbons (Fsp3) is 0.273. The number of fused-ring (bicyclic) bond motifs is 1. The third kappa shape index (κ3) is 6.35. The average molecular weight is 657 g/mol. The van der Waals surface area contributed by atoms with Gasteiger partial charge in [0.15, 0.2) is 12.3 Å². The van der Waals surface area contributed by atoms with Gasteiger partial charge < -0.3 is 24.3 Å². The van der Waals surface area contributed by atoms with Crippen molar-refractivity contribution in [2.45, 2.75) is 29.6 Å². The minimum Gasteiger partial charge on any atom is -0.497 e. The quantitative estimate of drug-likeness (QED) is 0.104. The largest absolute Gasteiger partial charge is 0.497 e. The van der Waals surface area contributed by atoms with E-state index in [9.17, 15) is 14.4 Å². The molecule has 47 heavy (non-hydrogen) atoms. The van der Waals surface area contributed by atoms with Crippen LogP contribution in [0.3, 0.4) is 0 Å². The molecule has 0 unspecified atom stereocenters. The maximum Gasteiger partial charge on any atom is 0.356 e. The molecule has 0 bridgehead atoms. The van der Waals surface area contributed by atoms with Crippen molar-refractivity contribution in [1.29, 1.82) is 0 Å². The van der Waals surface area contributed by atoms with Crippen LogP contribution in [0.2, 0.25) is 0 Å². The molecule has 2 atom stereocenters. The molecular weight excluding hydrogens is 624 g/mol. The summed E-state index contributed by atoms with van der Waals surface area (Å²) in [5, 5.41) is 14.7. The Labute approximate surface area is 274 Å². The van der Waals surface area contributed by atoms with Gasteiger partial charge in [-0.15, -0.1) is 5.10 Å². The number of β-lactam (4-membered cyclic amide) rings is 1. The Morgan fingerprint density at radius 2 is 1.68 bits per heavy atom. The van der Waals surface area contributed by atoms with Crippen LogP contribution in [-0.2, 0) is 42.1 Å². The zero-order chi connectivity index (χ0) is 33.0. The first kappa shape index (κ1) is 31.9. The number of aromatic nitrogens is 4. The lowest BCUT2D eigenvalue weighted by Crippen LogP contribution is -2.82. The number of tetrazole rings is 1. The molecule has 2 aliphatic heterocycles. The lowest BCUT2D eigenvalue weighted by Gasteiger charge is -2.55. The van der Waals surface area contributed by atoms with Crippen molar-refractivity contribution in [3.8, 4) is 5.75 Å². The monoisotopic (exact) mass is 656 g/mol. The fourth-order valence-electron chi connectivity index (χ4n) is 5.47. The van der Waals surface area contributed by atoms with Crippen LogP contribution < -0.4 is 10.1 Å². The minimum absolute atomic E-state index is 0.0165. The molecule has 4 aromatic rings. The zero-order valence-electron chi connectivity index (χ0n) is 25.9. The smallest absolute Gasteiger partial charge is 0.356 e. The highest BCUT2D eigenvalue weighted by Crippen LogP contribution is 2.42. The predicted molar refractivity (Wildman–Crippen MR) is 169 cm³/mol. The van der Waals surface area contributed by atoms with Crippen molar-refractivity contribution >= 4 is 29.5 Å². The number of thioether (sulfide) groups is 1. The number of esters is 1. The molecule has 6 rings (SSSR count). The van der Waals surface area contributed by atoms with E-state index in [0.717, 1.165) is 11.1 Å². The Morgan fingerprint density at radius 1 is 1.02 bits per heavy atom. The third-order valence-electron chi connectivity index (χ3n) is 7.86. The van der Waals surface area contributed by atoms with Gasteiger partial charge in [-0.2, -0.15) is 0 Å². The van der Waals surface area contributed by atoms with Crippen LogP contribution in [0.4, 0.5) is 0 Å². The summed E-state index contributed by atoms with van der Waals surface area (Å²) in [4.78, 5) is 42.6. The average Bonchev–Trinajstić information content (AvgIpc) is 3.53. The van der Waals surface area contributed by atoms with Gasteiger partial charge in [0, 0.05) is 19.9 Å².